The van der Waals surface area contributed by atoms with Gasteiger partial charge in [-0.3, -0.25) is 0 Å². The molecule has 1 aromatic carbocycles. The van der Waals surface area contributed by atoms with Crippen molar-refractivity contribution in [2.24, 2.45) is 5.73 Å². The van der Waals surface area contributed by atoms with E-state index < -0.39 is 17.2 Å². The third-order valence-electron chi connectivity index (χ3n) is 2.79. The number of carbonyl (C=O) groups is 1. The highest BCUT2D eigenvalue weighted by molar-refractivity contribution is 6.31. The largest absolute Gasteiger partial charge is 0.444 e. The number of nitrogens with two attached hydrogens (primary N) is 1. The van der Waals surface area contributed by atoms with E-state index in [1.54, 1.807) is 0 Å². The van der Waals surface area contributed by atoms with Crippen molar-refractivity contribution in [2.45, 2.75) is 45.3 Å². The molecule has 5 heteroatoms. The Morgan fingerprint density at radius 1 is 1.30 bits per heavy atom. The molecule has 4 nitrogen and oxygen atoms in total. The molecule has 3 N–H and O–H groups in total. The summed E-state index contributed by atoms with van der Waals surface area (Å²) < 4.78 is 5.26. The van der Waals surface area contributed by atoms with Gasteiger partial charge in [0, 0.05) is 11.6 Å². The third-order valence-corrected chi connectivity index (χ3v) is 3.16. The second-order valence-electron chi connectivity index (χ2n) is 6.16. The second kappa shape index (κ2) is 6.46. The zero-order valence-corrected chi connectivity index (χ0v) is 13.3. The molecule has 20 heavy (non-hydrogen) atoms. The SMILES string of the molecule is CC(CN)(Cc1ccccc1Cl)NC(=O)OC(C)(C)C. The summed E-state index contributed by atoms with van der Waals surface area (Å²) in [6, 6.07) is 7.52. The van der Waals surface area contributed by atoms with Gasteiger partial charge < -0.3 is 15.8 Å². The highest BCUT2D eigenvalue weighted by Gasteiger charge is 2.28. The first-order chi connectivity index (χ1) is 9.15. The first-order valence-corrected chi connectivity index (χ1v) is 6.98. The van der Waals surface area contributed by atoms with Gasteiger partial charge in [0.2, 0.25) is 0 Å². The smallest absolute Gasteiger partial charge is 0.408 e. The Morgan fingerprint density at radius 3 is 2.40 bits per heavy atom. The summed E-state index contributed by atoms with van der Waals surface area (Å²) in [5.74, 6) is 0. The van der Waals surface area contributed by atoms with Crippen molar-refractivity contribution < 1.29 is 9.53 Å². The molecule has 0 spiro atoms. The maximum Gasteiger partial charge on any atom is 0.408 e. The van der Waals surface area contributed by atoms with Crippen LogP contribution in [0.4, 0.5) is 4.79 Å². The van der Waals surface area contributed by atoms with Crippen molar-refractivity contribution in [3.05, 3.63) is 34.9 Å². The summed E-state index contributed by atoms with van der Waals surface area (Å²) in [5.41, 5.74) is 5.60. The molecule has 0 bridgehead atoms. The van der Waals surface area contributed by atoms with Gasteiger partial charge in [-0.05, 0) is 45.7 Å². The molecule has 1 aromatic rings. The van der Waals surface area contributed by atoms with Crippen LogP contribution in [0.25, 0.3) is 0 Å². The maximum atomic E-state index is 11.9. The predicted molar refractivity (Wildman–Crippen MR) is 82.0 cm³/mol. The van der Waals surface area contributed by atoms with E-state index in [4.69, 9.17) is 22.1 Å². The molecular weight excluding hydrogens is 276 g/mol. The van der Waals surface area contributed by atoms with Gasteiger partial charge >= 0.3 is 6.09 Å². The first-order valence-electron chi connectivity index (χ1n) is 6.60. The van der Waals surface area contributed by atoms with Crippen molar-refractivity contribution in [3.8, 4) is 0 Å². The van der Waals surface area contributed by atoms with Crippen molar-refractivity contribution in [2.75, 3.05) is 6.54 Å². The Bertz CT molecular complexity index is 471. The van der Waals surface area contributed by atoms with Crippen LogP contribution < -0.4 is 11.1 Å². The van der Waals surface area contributed by atoms with E-state index in [0.717, 1.165) is 5.56 Å². The molecule has 0 aromatic heterocycles. The van der Waals surface area contributed by atoms with E-state index in [0.29, 0.717) is 11.4 Å². The zero-order valence-electron chi connectivity index (χ0n) is 12.5. The summed E-state index contributed by atoms with van der Waals surface area (Å²) in [6.07, 6.45) is 0.0695. The first kappa shape index (κ1) is 16.8. The van der Waals surface area contributed by atoms with Crippen molar-refractivity contribution in [3.63, 3.8) is 0 Å². The van der Waals surface area contributed by atoms with Gasteiger partial charge in [-0.1, -0.05) is 29.8 Å². The molecule has 1 rings (SSSR count). The number of hydrogen-bond acceptors (Lipinski definition) is 3. The summed E-state index contributed by atoms with van der Waals surface area (Å²) in [4.78, 5) is 11.9. The lowest BCUT2D eigenvalue weighted by molar-refractivity contribution is 0.0467. The number of ether oxygens (including phenoxy) is 1. The van der Waals surface area contributed by atoms with Gasteiger partial charge in [0.15, 0.2) is 0 Å². The van der Waals surface area contributed by atoms with Gasteiger partial charge in [-0.2, -0.15) is 0 Å². The molecular formula is C15H23ClN2O2. The number of alkyl carbamates (subject to hydrolysis) is 1. The lowest BCUT2D eigenvalue weighted by Crippen LogP contribution is -2.54. The van der Waals surface area contributed by atoms with Crippen molar-refractivity contribution in [1.82, 2.24) is 5.32 Å². The van der Waals surface area contributed by atoms with Crippen molar-refractivity contribution in [1.29, 1.82) is 0 Å². The summed E-state index contributed by atoms with van der Waals surface area (Å²) in [5, 5.41) is 3.50. The van der Waals surface area contributed by atoms with Crippen LogP contribution >= 0.6 is 11.6 Å². The van der Waals surface area contributed by atoms with Crippen LogP contribution in [0, 0.1) is 0 Å². The molecule has 0 aliphatic carbocycles. The van der Waals surface area contributed by atoms with E-state index in [1.807, 2.05) is 52.0 Å². The van der Waals surface area contributed by atoms with E-state index in [1.165, 1.54) is 0 Å². The fourth-order valence-electron chi connectivity index (χ4n) is 1.78. The molecule has 0 fully saturated rings. The van der Waals surface area contributed by atoms with Gasteiger partial charge in [-0.25, -0.2) is 4.79 Å². The molecule has 0 saturated carbocycles. The predicted octanol–water partition coefficient (Wildman–Crippen LogP) is 3.12. The molecule has 0 saturated heterocycles. The van der Waals surface area contributed by atoms with E-state index in [-0.39, 0.29) is 6.54 Å². The fraction of sp³-hybridized carbons (Fsp3) is 0.533. The minimum absolute atomic E-state index is 0.289. The monoisotopic (exact) mass is 298 g/mol. The van der Waals surface area contributed by atoms with Gasteiger partial charge in [0.1, 0.15) is 5.60 Å². The van der Waals surface area contributed by atoms with Gasteiger partial charge in [0.25, 0.3) is 0 Å². The summed E-state index contributed by atoms with van der Waals surface area (Å²) in [6.45, 7) is 7.62. The third kappa shape index (κ3) is 5.39. The highest BCUT2D eigenvalue weighted by atomic mass is 35.5. The average molecular weight is 299 g/mol. The Kier molecular flexibility index (Phi) is 5.42. The quantitative estimate of drug-likeness (QED) is 0.897. The van der Waals surface area contributed by atoms with Crippen LogP contribution in [0.15, 0.2) is 24.3 Å². The van der Waals surface area contributed by atoms with Crippen LogP contribution in [0.3, 0.4) is 0 Å². The fourth-order valence-corrected chi connectivity index (χ4v) is 1.98. The number of amides is 1. The Hall–Kier alpha value is -1.26. The van der Waals surface area contributed by atoms with Crippen molar-refractivity contribution >= 4 is 17.7 Å². The number of nitrogens with one attached hydrogen (secondary N) is 1. The molecule has 0 aliphatic rings. The van der Waals surface area contributed by atoms with Crippen LogP contribution in [-0.2, 0) is 11.2 Å². The lowest BCUT2D eigenvalue weighted by Gasteiger charge is -2.31. The molecule has 0 aliphatic heterocycles. The number of halogens is 1. The molecule has 1 amide bonds. The number of rotatable bonds is 4. The zero-order chi connectivity index (χ0) is 15.4. The van der Waals surface area contributed by atoms with E-state index in [2.05, 4.69) is 5.32 Å². The molecule has 112 valence electrons. The van der Waals surface area contributed by atoms with Gasteiger partial charge in [0.05, 0.1) is 5.54 Å². The molecule has 1 unspecified atom stereocenters. The summed E-state index contributed by atoms with van der Waals surface area (Å²) >= 11 is 6.15. The summed E-state index contributed by atoms with van der Waals surface area (Å²) in [7, 11) is 0. The van der Waals surface area contributed by atoms with E-state index >= 15 is 0 Å². The van der Waals surface area contributed by atoms with E-state index in [9.17, 15) is 4.79 Å². The highest BCUT2D eigenvalue weighted by Crippen LogP contribution is 2.21. The number of benzene rings is 1. The normalized spacial score (nSPS) is 14.5. The Morgan fingerprint density at radius 2 is 1.90 bits per heavy atom. The standard InChI is InChI=1S/C15H23ClN2O2/c1-14(2,3)20-13(19)18-15(4,10-17)9-11-7-5-6-8-12(11)16/h5-8H,9-10,17H2,1-4H3,(H,18,19). The number of carbonyl (C=O) groups excluding carboxylic acids is 1. The number of hydrogen-bond donors (Lipinski definition) is 2. The minimum atomic E-state index is -0.604. The minimum Gasteiger partial charge on any atom is -0.444 e. The molecule has 0 radical (unpaired) electrons. The lowest BCUT2D eigenvalue weighted by atomic mass is 9.93. The van der Waals surface area contributed by atoms with Crippen LogP contribution in [0.5, 0.6) is 0 Å². The van der Waals surface area contributed by atoms with Crippen LogP contribution in [-0.4, -0.2) is 23.8 Å². The Balaban J connectivity index is 2.77. The maximum absolute atomic E-state index is 11.9. The Labute approximate surface area is 125 Å². The average Bonchev–Trinajstić information content (AvgIpc) is 2.29. The topological polar surface area (TPSA) is 64.3 Å². The van der Waals surface area contributed by atoms with Crippen LogP contribution in [0.1, 0.15) is 33.3 Å². The van der Waals surface area contributed by atoms with Crippen LogP contribution in [0.2, 0.25) is 5.02 Å². The molecule has 0 heterocycles. The van der Waals surface area contributed by atoms with Gasteiger partial charge in [-0.15, -0.1) is 0 Å². The second-order valence-corrected chi connectivity index (χ2v) is 6.57. The molecule has 1 atom stereocenters.